The summed E-state index contributed by atoms with van der Waals surface area (Å²) in [6.45, 7) is 0. The van der Waals surface area contributed by atoms with Crippen LogP contribution in [-0.2, 0) is 4.79 Å². The maximum Gasteiger partial charge on any atom is 0.204 e. The zero-order valence-corrected chi connectivity index (χ0v) is 20.3. The van der Waals surface area contributed by atoms with Crippen LogP contribution in [0.2, 0.25) is 5.02 Å². The summed E-state index contributed by atoms with van der Waals surface area (Å²) < 4.78 is 9.83. The molecule has 0 radical (unpaired) electrons. The van der Waals surface area contributed by atoms with E-state index in [1.807, 2.05) is 60.7 Å². The molecule has 5 N–H and O–H groups in total. The first-order chi connectivity index (χ1) is 15.5. The average Bonchev–Trinajstić information content (AvgIpc) is 2.80. The van der Waals surface area contributed by atoms with E-state index in [2.05, 4.69) is 31.4 Å². The molecule has 3 aromatic carbocycles. The van der Waals surface area contributed by atoms with E-state index in [0.717, 1.165) is 31.9 Å². The van der Waals surface area contributed by atoms with Crippen LogP contribution in [0.25, 0.3) is 6.08 Å². The van der Waals surface area contributed by atoms with Crippen LogP contribution in [0.3, 0.4) is 0 Å². The standard InChI is InChI=1S/C22H19BrClN3OS.CH3NO/c1-28-20-11-2-15(12-13-26-22(25)16-3-7-18(24)8-4-16)14-21(20)29-27-19-9-5-17(23)6-10-19;2-1-3/h2-14,27H,1H3,(H2,25,26);1H,(H2,2,3)/b13-12+;. The molecule has 0 saturated carbocycles. The molecule has 0 aliphatic carbocycles. The van der Waals surface area contributed by atoms with Gasteiger partial charge in [0.2, 0.25) is 6.41 Å². The Morgan fingerprint density at radius 3 is 2.41 bits per heavy atom. The Morgan fingerprint density at radius 1 is 1.12 bits per heavy atom. The molecule has 0 aromatic heterocycles. The summed E-state index contributed by atoms with van der Waals surface area (Å²) in [5.74, 6) is 1.22. The molecule has 0 unspecified atom stereocenters. The fourth-order valence-electron chi connectivity index (χ4n) is 2.41. The van der Waals surface area contributed by atoms with Crippen molar-refractivity contribution < 1.29 is 9.53 Å². The molecule has 3 rings (SSSR count). The molecular formula is C23H22BrClN4O2S. The number of nitrogens with two attached hydrogens (primary N) is 2. The molecule has 3 aromatic rings. The number of carbonyl (C=O) groups excluding carboxylic acids is 1. The number of aliphatic imine (C=N–C) groups is 1. The number of anilines is 1. The Kier molecular flexibility index (Phi) is 10.7. The maximum atomic E-state index is 8.58. The third kappa shape index (κ3) is 8.30. The summed E-state index contributed by atoms with van der Waals surface area (Å²) in [4.78, 5) is 13.9. The van der Waals surface area contributed by atoms with Crippen LogP contribution in [0, 0.1) is 0 Å². The molecular weight excluding hydrogens is 512 g/mol. The first kappa shape index (κ1) is 25.3. The van der Waals surface area contributed by atoms with Gasteiger partial charge in [0.1, 0.15) is 11.6 Å². The molecule has 0 aliphatic heterocycles. The lowest BCUT2D eigenvalue weighted by Gasteiger charge is -2.10. The van der Waals surface area contributed by atoms with Gasteiger partial charge >= 0.3 is 0 Å². The van der Waals surface area contributed by atoms with E-state index >= 15 is 0 Å². The Balaban J connectivity index is 0.00000114. The minimum absolute atomic E-state index is 0.250. The maximum absolute atomic E-state index is 8.58. The number of methoxy groups -OCH3 is 1. The summed E-state index contributed by atoms with van der Waals surface area (Å²) in [6.07, 6.45) is 3.83. The number of halogens is 2. The Bertz CT molecular complexity index is 1070. The van der Waals surface area contributed by atoms with Gasteiger partial charge in [0.05, 0.1) is 12.0 Å². The Labute approximate surface area is 205 Å². The van der Waals surface area contributed by atoms with Crippen molar-refractivity contribution in [3.63, 3.8) is 0 Å². The number of ether oxygens (including phenoxy) is 1. The smallest absolute Gasteiger partial charge is 0.204 e. The van der Waals surface area contributed by atoms with E-state index in [4.69, 9.17) is 26.9 Å². The highest BCUT2D eigenvalue weighted by Gasteiger charge is 2.05. The average molecular weight is 534 g/mol. The summed E-state index contributed by atoms with van der Waals surface area (Å²) in [7, 11) is 1.66. The van der Waals surface area contributed by atoms with Gasteiger partial charge in [0.25, 0.3) is 0 Å². The number of nitrogens with zero attached hydrogens (tertiary/aromatic N) is 1. The quantitative estimate of drug-likeness (QED) is 0.156. The number of carbonyl (C=O) groups is 1. The summed E-state index contributed by atoms with van der Waals surface area (Å²) >= 11 is 10.8. The molecule has 0 bridgehead atoms. The molecule has 166 valence electrons. The van der Waals surface area contributed by atoms with Crippen molar-refractivity contribution in [1.82, 2.24) is 0 Å². The van der Waals surface area contributed by atoms with Gasteiger partial charge in [0.15, 0.2) is 0 Å². The minimum Gasteiger partial charge on any atom is -0.496 e. The van der Waals surface area contributed by atoms with Gasteiger partial charge in [-0.1, -0.05) is 33.6 Å². The third-order valence-corrected chi connectivity index (χ3v) is 5.59. The van der Waals surface area contributed by atoms with E-state index in [1.54, 1.807) is 25.4 Å². The molecule has 0 spiro atoms. The summed E-state index contributed by atoms with van der Waals surface area (Å²) in [5.41, 5.74) is 13.0. The fraction of sp³-hybridized carbons (Fsp3) is 0.0435. The predicted molar refractivity (Wildman–Crippen MR) is 138 cm³/mol. The number of amides is 1. The van der Waals surface area contributed by atoms with Crippen molar-refractivity contribution >= 4 is 63.5 Å². The number of benzene rings is 3. The normalized spacial score (nSPS) is 10.9. The number of hydrogen-bond acceptors (Lipinski definition) is 5. The third-order valence-electron chi connectivity index (χ3n) is 3.93. The lowest BCUT2D eigenvalue weighted by molar-refractivity contribution is -0.106. The van der Waals surface area contributed by atoms with Crippen molar-refractivity contribution in [3.8, 4) is 5.75 Å². The monoisotopic (exact) mass is 532 g/mol. The molecule has 9 heteroatoms. The highest BCUT2D eigenvalue weighted by atomic mass is 79.9. The van der Waals surface area contributed by atoms with E-state index in [0.29, 0.717) is 10.9 Å². The van der Waals surface area contributed by atoms with E-state index in [-0.39, 0.29) is 6.41 Å². The first-order valence-corrected chi connectivity index (χ1v) is 11.2. The molecule has 6 nitrogen and oxygen atoms in total. The van der Waals surface area contributed by atoms with Crippen LogP contribution < -0.4 is 20.9 Å². The summed E-state index contributed by atoms with van der Waals surface area (Å²) in [6, 6.07) is 21.1. The van der Waals surface area contributed by atoms with Crippen LogP contribution in [0.5, 0.6) is 5.75 Å². The molecule has 0 saturated heterocycles. The van der Waals surface area contributed by atoms with Gasteiger partial charge < -0.3 is 20.9 Å². The second-order valence-corrected chi connectivity index (χ2v) is 8.29. The topological polar surface area (TPSA) is 103 Å². The zero-order valence-electron chi connectivity index (χ0n) is 17.2. The molecule has 0 aliphatic rings. The van der Waals surface area contributed by atoms with Gasteiger partial charge in [-0.25, -0.2) is 4.99 Å². The van der Waals surface area contributed by atoms with Crippen LogP contribution >= 0.6 is 39.5 Å². The van der Waals surface area contributed by atoms with Crippen molar-refractivity contribution in [2.24, 2.45) is 16.5 Å². The SMILES string of the molecule is COc1ccc(/C=C/N=C(N)c2ccc(Cl)cc2)cc1SNc1ccc(Br)cc1.NC=O. The predicted octanol–water partition coefficient (Wildman–Crippen LogP) is 5.71. The molecule has 1 amide bonds. The molecule has 0 atom stereocenters. The van der Waals surface area contributed by atoms with Crippen LogP contribution in [0.4, 0.5) is 5.69 Å². The van der Waals surface area contributed by atoms with E-state index < -0.39 is 0 Å². The number of primary amides is 1. The Hall–Kier alpha value is -2.94. The van der Waals surface area contributed by atoms with Gasteiger partial charge in [-0.3, -0.25) is 4.79 Å². The lowest BCUT2D eigenvalue weighted by Crippen LogP contribution is -2.12. The largest absolute Gasteiger partial charge is 0.496 e. The molecule has 32 heavy (non-hydrogen) atoms. The second-order valence-electron chi connectivity index (χ2n) is 6.09. The number of amidine groups is 1. The van der Waals surface area contributed by atoms with Crippen molar-refractivity contribution in [3.05, 3.63) is 93.6 Å². The number of hydrogen-bond donors (Lipinski definition) is 3. The minimum atomic E-state index is 0.250. The van der Waals surface area contributed by atoms with Crippen molar-refractivity contribution in [2.75, 3.05) is 11.8 Å². The van der Waals surface area contributed by atoms with Crippen LogP contribution in [0.1, 0.15) is 11.1 Å². The van der Waals surface area contributed by atoms with Gasteiger partial charge in [-0.15, -0.1) is 0 Å². The van der Waals surface area contributed by atoms with Crippen molar-refractivity contribution in [2.45, 2.75) is 4.90 Å². The highest BCUT2D eigenvalue weighted by molar-refractivity contribution is 9.10. The van der Waals surface area contributed by atoms with Gasteiger partial charge in [0, 0.05) is 26.9 Å². The Morgan fingerprint density at radius 2 is 1.78 bits per heavy atom. The van der Waals surface area contributed by atoms with Crippen LogP contribution in [-0.4, -0.2) is 19.4 Å². The zero-order chi connectivity index (χ0) is 23.3. The van der Waals surface area contributed by atoms with Gasteiger partial charge in [-0.05, 0) is 84.3 Å². The highest BCUT2D eigenvalue weighted by Crippen LogP contribution is 2.31. The molecule has 0 fully saturated rings. The second kappa shape index (κ2) is 13.5. The van der Waals surface area contributed by atoms with Gasteiger partial charge in [-0.2, -0.15) is 0 Å². The van der Waals surface area contributed by atoms with E-state index in [9.17, 15) is 0 Å². The molecule has 0 heterocycles. The van der Waals surface area contributed by atoms with Crippen molar-refractivity contribution in [1.29, 1.82) is 0 Å². The first-order valence-electron chi connectivity index (χ1n) is 9.24. The van der Waals surface area contributed by atoms with Crippen LogP contribution in [0.15, 0.2) is 87.3 Å². The number of nitrogens with one attached hydrogen (secondary N) is 1. The number of rotatable bonds is 7. The lowest BCUT2D eigenvalue weighted by atomic mass is 10.2. The fourth-order valence-corrected chi connectivity index (χ4v) is 3.61. The summed E-state index contributed by atoms with van der Waals surface area (Å²) in [5, 5.41) is 0.664. The van der Waals surface area contributed by atoms with E-state index in [1.165, 1.54) is 11.9 Å².